The third kappa shape index (κ3) is 3.46. The predicted molar refractivity (Wildman–Crippen MR) is 87.5 cm³/mol. The summed E-state index contributed by atoms with van der Waals surface area (Å²) in [5.74, 6) is 0. The topological polar surface area (TPSA) is 26.0 Å². The first kappa shape index (κ1) is 14.3. The van der Waals surface area contributed by atoms with Gasteiger partial charge in [0.25, 0.3) is 0 Å². The van der Waals surface area contributed by atoms with Crippen LogP contribution in [0.25, 0.3) is 5.57 Å². The normalized spacial score (nSPS) is 13.1. The molecule has 0 aliphatic heterocycles. The van der Waals surface area contributed by atoms with E-state index >= 15 is 0 Å². The fraction of sp³-hybridized carbons (Fsp3) is 0.158. The van der Waals surface area contributed by atoms with Crippen molar-refractivity contribution >= 4 is 5.57 Å². The first-order chi connectivity index (χ1) is 9.60. The van der Waals surface area contributed by atoms with E-state index in [4.69, 9.17) is 5.73 Å². The molecule has 0 saturated heterocycles. The van der Waals surface area contributed by atoms with Gasteiger partial charge in [-0.25, -0.2) is 0 Å². The maximum absolute atomic E-state index is 6.26. The van der Waals surface area contributed by atoms with Gasteiger partial charge in [-0.2, -0.15) is 0 Å². The zero-order valence-corrected chi connectivity index (χ0v) is 12.1. The SMILES string of the molecule is C=C/C(=C\C(N)c1ccc(C)cc1)c1ccc(C)cc1. The van der Waals surface area contributed by atoms with E-state index in [0.717, 1.165) is 16.7 Å². The standard InChI is InChI=1S/C19H21N/c1-4-16(17-9-5-14(2)6-10-17)13-19(20)18-11-7-15(3)8-12-18/h4-13,19H,1,20H2,2-3H3/b16-13+. The summed E-state index contributed by atoms with van der Waals surface area (Å²) in [5.41, 5.74) is 12.1. The van der Waals surface area contributed by atoms with Crippen molar-refractivity contribution in [1.82, 2.24) is 0 Å². The van der Waals surface area contributed by atoms with Crippen molar-refractivity contribution in [3.8, 4) is 0 Å². The van der Waals surface area contributed by atoms with Gasteiger partial charge < -0.3 is 5.73 Å². The zero-order valence-electron chi connectivity index (χ0n) is 12.1. The molecule has 0 aromatic heterocycles. The third-order valence-electron chi connectivity index (χ3n) is 3.43. The molecule has 1 unspecified atom stereocenters. The minimum atomic E-state index is -0.120. The van der Waals surface area contributed by atoms with Crippen molar-refractivity contribution in [3.63, 3.8) is 0 Å². The lowest BCUT2D eigenvalue weighted by atomic mass is 9.99. The largest absolute Gasteiger partial charge is 0.321 e. The van der Waals surface area contributed by atoms with E-state index in [1.165, 1.54) is 11.1 Å². The van der Waals surface area contributed by atoms with Crippen LogP contribution in [0.2, 0.25) is 0 Å². The summed E-state index contributed by atoms with van der Waals surface area (Å²) in [6, 6.07) is 16.6. The molecule has 2 rings (SSSR count). The third-order valence-corrected chi connectivity index (χ3v) is 3.43. The molecule has 2 aromatic carbocycles. The molecule has 1 heteroatoms. The van der Waals surface area contributed by atoms with Gasteiger partial charge in [-0.3, -0.25) is 0 Å². The molecular formula is C19H21N. The fourth-order valence-electron chi connectivity index (χ4n) is 2.11. The molecule has 0 amide bonds. The Hall–Kier alpha value is -2.12. The average Bonchev–Trinajstić information content (AvgIpc) is 2.46. The first-order valence-corrected chi connectivity index (χ1v) is 6.83. The summed E-state index contributed by atoms with van der Waals surface area (Å²) in [6.07, 6.45) is 3.92. The molecule has 0 heterocycles. The lowest BCUT2D eigenvalue weighted by molar-refractivity contribution is 0.913. The summed E-state index contributed by atoms with van der Waals surface area (Å²) >= 11 is 0. The smallest absolute Gasteiger partial charge is 0.0490 e. The van der Waals surface area contributed by atoms with Crippen LogP contribution in [0.1, 0.15) is 28.3 Å². The fourth-order valence-corrected chi connectivity index (χ4v) is 2.11. The highest BCUT2D eigenvalue weighted by Crippen LogP contribution is 2.21. The highest BCUT2D eigenvalue weighted by Gasteiger charge is 2.05. The van der Waals surface area contributed by atoms with Gasteiger partial charge in [0.2, 0.25) is 0 Å². The van der Waals surface area contributed by atoms with Crippen molar-refractivity contribution in [2.75, 3.05) is 0 Å². The van der Waals surface area contributed by atoms with Crippen LogP contribution in [0.3, 0.4) is 0 Å². The molecule has 0 aliphatic rings. The van der Waals surface area contributed by atoms with Crippen molar-refractivity contribution in [1.29, 1.82) is 0 Å². The molecule has 1 atom stereocenters. The Balaban J connectivity index is 2.28. The molecule has 1 nitrogen and oxygen atoms in total. The minimum absolute atomic E-state index is 0.120. The number of rotatable bonds is 4. The maximum atomic E-state index is 6.26. The van der Waals surface area contributed by atoms with Crippen molar-refractivity contribution in [3.05, 3.63) is 89.5 Å². The Morgan fingerprint density at radius 3 is 1.95 bits per heavy atom. The molecule has 2 aromatic rings. The van der Waals surface area contributed by atoms with Gasteiger partial charge >= 0.3 is 0 Å². The maximum Gasteiger partial charge on any atom is 0.0490 e. The highest BCUT2D eigenvalue weighted by molar-refractivity contribution is 5.74. The van der Waals surface area contributed by atoms with Gasteiger partial charge in [0, 0.05) is 6.04 Å². The van der Waals surface area contributed by atoms with Gasteiger partial charge in [-0.15, -0.1) is 0 Å². The molecule has 0 radical (unpaired) electrons. The predicted octanol–water partition coefficient (Wildman–Crippen LogP) is 4.57. The number of benzene rings is 2. The number of aryl methyl sites for hydroxylation is 2. The van der Waals surface area contributed by atoms with Crippen LogP contribution in [0, 0.1) is 13.8 Å². The number of nitrogens with two attached hydrogens (primary N) is 1. The van der Waals surface area contributed by atoms with Crippen LogP contribution in [0.15, 0.2) is 67.3 Å². The summed E-state index contributed by atoms with van der Waals surface area (Å²) in [7, 11) is 0. The van der Waals surface area contributed by atoms with E-state index in [2.05, 4.69) is 75.0 Å². The molecule has 0 spiro atoms. The molecule has 102 valence electrons. The quantitative estimate of drug-likeness (QED) is 0.803. The molecule has 0 bridgehead atoms. The Morgan fingerprint density at radius 2 is 1.45 bits per heavy atom. The molecule has 0 fully saturated rings. The average molecular weight is 263 g/mol. The zero-order chi connectivity index (χ0) is 14.5. The monoisotopic (exact) mass is 263 g/mol. The molecular weight excluding hydrogens is 242 g/mol. The second-order valence-corrected chi connectivity index (χ2v) is 5.13. The molecule has 20 heavy (non-hydrogen) atoms. The first-order valence-electron chi connectivity index (χ1n) is 6.83. The summed E-state index contributed by atoms with van der Waals surface area (Å²) in [6.45, 7) is 8.06. The summed E-state index contributed by atoms with van der Waals surface area (Å²) < 4.78 is 0. The van der Waals surface area contributed by atoms with Gasteiger partial charge in [0.1, 0.15) is 0 Å². The number of allylic oxidation sites excluding steroid dienone is 2. The van der Waals surface area contributed by atoms with Crippen LogP contribution < -0.4 is 5.73 Å². The van der Waals surface area contributed by atoms with Crippen LogP contribution in [0.4, 0.5) is 0 Å². The Morgan fingerprint density at radius 1 is 0.950 bits per heavy atom. The number of hydrogen-bond donors (Lipinski definition) is 1. The van der Waals surface area contributed by atoms with E-state index in [1.54, 1.807) is 0 Å². The lowest BCUT2D eigenvalue weighted by Gasteiger charge is -2.11. The van der Waals surface area contributed by atoms with Gasteiger partial charge in [0.15, 0.2) is 0 Å². The number of hydrogen-bond acceptors (Lipinski definition) is 1. The van der Waals surface area contributed by atoms with Crippen LogP contribution in [-0.2, 0) is 0 Å². The van der Waals surface area contributed by atoms with Crippen molar-refractivity contribution in [2.45, 2.75) is 19.9 Å². The minimum Gasteiger partial charge on any atom is -0.321 e. The van der Waals surface area contributed by atoms with E-state index < -0.39 is 0 Å². The van der Waals surface area contributed by atoms with Crippen LogP contribution in [-0.4, -0.2) is 0 Å². The van der Waals surface area contributed by atoms with E-state index in [1.807, 2.05) is 6.08 Å². The van der Waals surface area contributed by atoms with Crippen LogP contribution >= 0.6 is 0 Å². The van der Waals surface area contributed by atoms with E-state index in [0.29, 0.717) is 0 Å². The van der Waals surface area contributed by atoms with Gasteiger partial charge in [0.05, 0.1) is 0 Å². The Kier molecular flexibility index (Phi) is 4.54. The van der Waals surface area contributed by atoms with E-state index in [-0.39, 0.29) is 6.04 Å². The summed E-state index contributed by atoms with van der Waals surface area (Å²) in [4.78, 5) is 0. The summed E-state index contributed by atoms with van der Waals surface area (Å²) in [5, 5.41) is 0. The van der Waals surface area contributed by atoms with E-state index in [9.17, 15) is 0 Å². The van der Waals surface area contributed by atoms with Crippen LogP contribution in [0.5, 0.6) is 0 Å². The highest BCUT2D eigenvalue weighted by atomic mass is 14.6. The van der Waals surface area contributed by atoms with Crippen molar-refractivity contribution < 1.29 is 0 Å². The van der Waals surface area contributed by atoms with Gasteiger partial charge in [-0.05, 0) is 30.5 Å². The second kappa shape index (κ2) is 6.36. The van der Waals surface area contributed by atoms with Gasteiger partial charge in [-0.1, -0.05) is 78.4 Å². The second-order valence-electron chi connectivity index (χ2n) is 5.13. The van der Waals surface area contributed by atoms with Crippen molar-refractivity contribution in [2.24, 2.45) is 5.73 Å². The molecule has 2 N–H and O–H groups in total. The molecule has 0 saturated carbocycles. The molecule has 0 aliphatic carbocycles. The Labute approximate surface area is 121 Å². The Bertz CT molecular complexity index is 603. The lowest BCUT2D eigenvalue weighted by Crippen LogP contribution is -2.07.